The molecule has 1 aliphatic rings. The quantitative estimate of drug-likeness (QED) is 0.630. The smallest absolute Gasteiger partial charge is 0.101 e. The normalized spacial score (nSPS) is 18.3. The van der Waals surface area contributed by atoms with Crippen molar-refractivity contribution in [2.75, 3.05) is 19.6 Å². The predicted molar refractivity (Wildman–Crippen MR) is 53.6 cm³/mol. The summed E-state index contributed by atoms with van der Waals surface area (Å²) >= 11 is 0. The molecule has 0 radical (unpaired) electrons. The van der Waals surface area contributed by atoms with Crippen molar-refractivity contribution in [2.45, 2.75) is 33.6 Å². The lowest BCUT2D eigenvalue weighted by molar-refractivity contribution is 0.375. The van der Waals surface area contributed by atoms with Gasteiger partial charge in [-0.2, -0.15) is 0 Å². The van der Waals surface area contributed by atoms with Gasteiger partial charge in [0.2, 0.25) is 0 Å². The lowest BCUT2D eigenvalue weighted by Gasteiger charge is -2.31. The molecule has 0 fully saturated rings. The van der Waals surface area contributed by atoms with Crippen LogP contribution in [0.25, 0.3) is 0 Å². The molecule has 0 unspecified atom stereocenters. The molecule has 0 bridgehead atoms. The van der Waals surface area contributed by atoms with Gasteiger partial charge in [0.1, 0.15) is 5.84 Å². The first kappa shape index (κ1) is 9.56. The zero-order chi connectivity index (χ0) is 8.97. The third-order valence-electron chi connectivity index (χ3n) is 2.19. The fraction of sp³-hybridized carbons (Fsp3) is 0.900. The zero-order valence-corrected chi connectivity index (χ0v) is 8.51. The van der Waals surface area contributed by atoms with Crippen LogP contribution in [0.5, 0.6) is 0 Å². The Morgan fingerprint density at radius 2 is 2.25 bits per heavy atom. The summed E-state index contributed by atoms with van der Waals surface area (Å²) in [6.07, 6.45) is 2.46. The summed E-state index contributed by atoms with van der Waals surface area (Å²) in [6.45, 7) is 10.1. The minimum absolute atomic E-state index is 0.594. The number of hydrogen-bond donors (Lipinski definition) is 0. The summed E-state index contributed by atoms with van der Waals surface area (Å²) in [5, 5.41) is 0. The van der Waals surface area contributed by atoms with Gasteiger partial charge in [0.15, 0.2) is 0 Å². The molecule has 2 nitrogen and oxygen atoms in total. The lowest BCUT2D eigenvalue weighted by Crippen LogP contribution is -2.39. The van der Waals surface area contributed by atoms with Crippen molar-refractivity contribution in [3.05, 3.63) is 0 Å². The van der Waals surface area contributed by atoms with E-state index < -0.39 is 0 Å². The van der Waals surface area contributed by atoms with Crippen LogP contribution in [0, 0.1) is 5.92 Å². The molecule has 0 amide bonds. The van der Waals surface area contributed by atoms with Gasteiger partial charge in [0, 0.05) is 25.6 Å². The summed E-state index contributed by atoms with van der Waals surface area (Å²) in [5.74, 6) is 1.92. The van der Waals surface area contributed by atoms with Crippen LogP contribution >= 0.6 is 0 Å². The molecule has 0 saturated heterocycles. The Hall–Kier alpha value is -0.530. The molecule has 0 aliphatic carbocycles. The molecule has 1 heterocycles. The number of hydrogen-bond acceptors (Lipinski definition) is 2. The minimum atomic E-state index is 0.594. The first-order valence-corrected chi connectivity index (χ1v) is 5.05. The van der Waals surface area contributed by atoms with Gasteiger partial charge < -0.3 is 4.90 Å². The van der Waals surface area contributed by atoms with Gasteiger partial charge in [-0.05, 0) is 12.8 Å². The van der Waals surface area contributed by atoms with E-state index in [0.29, 0.717) is 5.92 Å². The fourth-order valence-electron chi connectivity index (χ4n) is 1.71. The standard InChI is InChI=1S/C10H20N2/c1-4-7-12-8-5-6-11-10(12)9(2)3/h9H,4-8H2,1-3H3. The highest BCUT2D eigenvalue weighted by molar-refractivity contribution is 5.84. The van der Waals surface area contributed by atoms with E-state index in [4.69, 9.17) is 0 Å². The van der Waals surface area contributed by atoms with Crippen LogP contribution in [0.1, 0.15) is 33.6 Å². The maximum absolute atomic E-state index is 4.57. The molecule has 70 valence electrons. The molecular formula is C10H20N2. The van der Waals surface area contributed by atoms with Gasteiger partial charge in [-0.1, -0.05) is 20.8 Å². The Balaban J connectivity index is 2.58. The molecule has 0 atom stereocenters. The molecule has 0 aromatic rings. The molecule has 0 saturated carbocycles. The van der Waals surface area contributed by atoms with Crippen molar-refractivity contribution in [2.24, 2.45) is 10.9 Å². The van der Waals surface area contributed by atoms with Crippen molar-refractivity contribution in [3.8, 4) is 0 Å². The van der Waals surface area contributed by atoms with E-state index in [1.54, 1.807) is 0 Å². The van der Waals surface area contributed by atoms with Crippen molar-refractivity contribution in [3.63, 3.8) is 0 Å². The molecule has 1 aliphatic heterocycles. The number of amidine groups is 1. The molecule has 12 heavy (non-hydrogen) atoms. The average molecular weight is 168 g/mol. The van der Waals surface area contributed by atoms with Crippen LogP contribution in [0.3, 0.4) is 0 Å². The van der Waals surface area contributed by atoms with Gasteiger partial charge in [-0.25, -0.2) is 0 Å². The second kappa shape index (κ2) is 4.48. The Labute approximate surface area is 75.7 Å². The molecule has 2 heteroatoms. The van der Waals surface area contributed by atoms with Gasteiger partial charge in [0.05, 0.1) is 0 Å². The van der Waals surface area contributed by atoms with Crippen LogP contribution in [-0.4, -0.2) is 30.4 Å². The third-order valence-corrected chi connectivity index (χ3v) is 2.19. The lowest BCUT2D eigenvalue weighted by atomic mass is 10.1. The average Bonchev–Trinajstić information content (AvgIpc) is 2.05. The van der Waals surface area contributed by atoms with E-state index in [-0.39, 0.29) is 0 Å². The van der Waals surface area contributed by atoms with Crippen molar-refractivity contribution in [1.82, 2.24) is 4.90 Å². The summed E-state index contributed by atoms with van der Waals surface area (Å²) in [5.41, 5.74) is 0. The molecule has 0 aromatic heterocycles. The summed E-state index contributed by atoms with van der Waals surface area (Å²) in [4.78, 5) is 7.01. The Bertz CT molecular complexity index is 161. The van der Waals surface area contributed by atoms with Crippen LogP contribution in [0.15, 0.2) is 4.99 Å². The zero-order valence-electron chi connectivity index (χ0n) is 8.51. The van der Waals surface area contributed by atoms with Crippen LogP contribution in [0.4, 0.5) is 0 Å². The second-order valence-corrected chi connectivity index (χ2v) is 3.74. The maximum atomic E-state index is 4.57. The second-order valence-electron chi connectivity index (χ2n) is 3.74. The van der Waals surface area contributed by atoms with Gasteiger partial charge in [-0.15, -0.1) is 0 Å². The van der Waals surface area contributed by atoms with E-state index in [1.165, 1.54) is 31.8 Å². The number of rotatable bonds is 3. The molecule has 1 rings (SSSR count). The van der Waals surface area contributed by atoms with Gasteiger partial charge >= 0.3 is 0 Å². The van der Waals surface area contributed by atoms with E-state index in [0.717, 1.165) is 6.54 Å². The highest BCUT2D eigenvalue weighted by Gasteiger charge is 2.16. The summed E-state index contributed by atoms with van der Waals surface area (Å²) in [6, 6.07) is 0. The topological polar surface area (TPSA) is 15.6 Å². The molecule has 0 N–H and O–H groups in total. The molecular weight excluding hydrogens is 148 g/mol. The molecule has 0 spiro atoms. The predicted octanol–water partition coefficient (Wildman–Crippen LogP) is 2.16. The summed E-state index contributed by atoms with van der Waals surface area (Å²) < 4.78 is 0. The van der Waals surface area contributed by atoms with E-state index in [1.807, 2.05) is 0 Å². The van der Waals surface area contributed by atoms with Gasteiger partial charge in [-0.3, -0.25) is 4.99 Å². The minimum Gasteiger partial charge on any atom is -0.360 e. The monoisotopic (exact) mass is 168 g/mol. The van der Waals surface area contributed by atoms with Crippen molar-refractivity contribution in [1.29, 1.82) is 0 Å². The first-order chi connectivity index (χ1) is 5.75. The maximum Gasteiger partial charge on any atom is 0.101 e. The molecule has 0 aromatic carbocycles. The SMILES string of the molecule is CCCN1CCCN=C1C(C)C. The Morgan fingerprint density at radius 3 is 2.83 bits per heavy atom. The van der Waals surface area contributed by atoms with E-state index in [9.17, 15) is 0 Å². The number of nitrogens with zero attached hydrogens (tertiary/aromatic N) is 2. The third kappa shape index (κ3) is 2.23. The summed E-state index contributed by atoms with van der Waals surface area (Å²) in [7, 11) is 0. The van der Waals surface area contributed by atoms with E-state index in [2.05, 4.69) is 30.7 Å². The van der Waals surface area contributed by atoms with Crippen molar-refractivity contribution >= 4 is 5.84 Å². The number of aliphatic imine (C=N–C) groups is 1. The van der Waals surface area contributed by atoms with Gasteiger partial charge in [0.25, 0.3) is 0 Å². The van der Waals surface area contributed by atoms with E-state index >= 15 is 0 Å². The van der Waals surface area contributed by atoms with Crippen LogP contribution in [0.2, 0.25) is 0 Å². The Morgan fingerprint density at radius 1 is 1.50 bits per heavy atom. The van der Waals surface area contributed by atoms with Crippen LogP contribution < -0.4 is 0 Å². The first-order valence-electron chi connectivity index (χ1n) is 5.05. The van der Waals surface area contributed by atoms with Crippen LogP contribution in [-0.2, 0) is 0 Å². The Kier molecular flexibility index (Phi) is 3.57. The fourth-order valence-corrected chi connectivity index (χ4v) is 1.71. The highest BCUT2D eigenvalue weighted by Crippen LogP contribution is 2.10. The largest absolute Gasteiger partial charge is 0.360 e. The highest BCUT2D eigenvalue weighted by atomic mass is 15.2. The van der Waals surface area contributed by atoms with Crippen molar-refractivity contribution < 1.29 is 0 Å².